The first-order valence-electron chi connectivity index (χ1n) is 4.67. The molecule has 0 spiro atoms. The van der Waals surface area contributed by atoms with Crippen molar-refractivity contribution in [1.29, 1.82) is 0 Å². The zero-order valence-corrected chi connectivity index (χ0v) is 12.3. The van der Waals surface area contributed by atoms with E-state index in [2.05, 4.69) is 39.5 Å². The van der Waals surface area contributed by atoms with Gasteiger partial charge in [0.2, 0.25) is 0 Å². The fourth-order valence-corrected chi connectivity index (χ4v) is 4.80. The number of nitrogens with zero attached hydrogens (tertiary/aromatic N) is 3. The third kappa shape index (κ3) is 2.17. The highest BCUT2D eigenvalue weighted by atomic mass is 32.6. The Kier molecular flexibility index (Phi) is 3.89. The molecule has 0 aromatic carbocycles. The molecule has 7 heteroatoms. The Morgan fingerprint density at radius 1 is 1.64 bits per heavy atom. The highest BCUT2D eigenvalue weighted by Crippen LogP contribution is 2.66. The van der Waals surface area contributed by atoms with E-state index in [0.29, 0.717) is 0 Å². The van der Waals surface area contributed by atoms with Gasteiger partial charge in [-0.25, -0.2) is 4.45 Å². The van der Waals surface area contributed by atoms with Gasteiger partial charge in [-0.1, -0.05) is 21.1 Å². The van der Waals surface area contributed by atoms with E-state index in [0.717, 1.165) is 26.7 Å². The van der Waals surface area contributed by atoms with Gasteiger partial charge in [-0.15, -0.1) is 14.0 Å². The zero-order valence-electron chi connectivity index (χ0n) is 8.14. The molecule has 78 valence electrons. The van der Waals surface area contributed by atoms with Crippen LogP contribution < -0.4 is 0 Å². The van der Waals surface area contributed by atoms with Crippen LogP contribution in [0.15, 0.2) is 0 Å². The number of hydrogen-bond acceptors (Lipinski definition) is 2. The highest BCUT2D eigenvalue weighted by molar-refractivity contribution is 8.60. The van der Waals surface area contributed by atoms with E-state index in [-0.39, 0.29) is 7.45 Å². The number of fused-ring (bicyclic) bond motifs is 1. The minimum atomic E-state index is -0.220. The van der Waals surface area contributed by atoms with Crippen molar-refractivity contribution >= 4 is 33.3 Å². The van der Waals surface area contributed by atoms with E-state index in [1.54, 1.807) is 0 Å². The Morgan fingerprint density at radius 3 is 3.14 bits per heavy atom. The molecule has 14 heavy (non-hydrogen) atoms. The second kappa shape index (κ2) is 4.80. The average Bonchev–Trinajstić information content (AvgIpc) is 2.59. The minimum absolute atomic E-state index is 0.220. The van der Waals surface area contributed by atoms with Crippen molar-refractivity contribution in [1.82, 2.24) is 14.8 Å². The lowest BCUT2D eigenvalue weighted by molar-refractivity contribution is 0.489. The summed E-state index contributed by atoms with van der Waals surface area (Å²) >= 11 is 0. The first-order chi connectivity index (χ1) is 6.72. The van der Waals surface area contributed by atoms with Crippen LogP contribution in [0.5, 0.6) is 0 Å². The van der Waals surface area contributed by atoms with Crippen LogP contribution in [0, 0.1) is 5.92 Å². The van der Waals surface area contributed by atoms with Crippen LogP contribution >= 0.6 is 33.3 Å². The maximum absolute atomic E-state index is 4.27. The molecule has 0 aliphatic heterocycles. The van der Waals surface area contributed by atoms with E-state index < -0.39 is 0 Å². The summed E-state index contributed by atoms with van der Waals surface area (Å²) in [5.41, 5.74) is 2.63. The molecule has 5 unspecified atom stereocenters. The molecular weight excluding hydrogens is 250 g/mol. The lowest BCUT2D eigenvalue weighted by Gasteiger charge is -2.20. The third-order valence-corrected chi connectivity index (χ3v) is 12.0. The molecule has 1 heterocycles. The molecule has 0 saturated heterocycles. The van der Waals surface area contributed by atoms with Gasteiger partial charge in [-0.2, -0.15) is 0 Å². The van der Waals surface area contributed by atoms with E-state index in [9.17, 15) is 0 Å². The van der Waals surface area contributed by atoms with Gasteiger partial charge in [0, 0.05) is 0 Å². The average molecular weight is 265 g/mol. The molecule has 1 aromatic rings. The molecule has 1 aromatic heterocycles. The first-order valence-corrected chi connectivity index (χ1v) is 11.2. The maximum Gasteiger partial charge on any atom is 0.0863 e. The molecular formula is C7H15N3P4. The van der Waals surface area contributed by atoms with Crippen LogP contribution in [0.4, 0.5) is 0 Å². The predicted molar refractivity (Wildman–Crippen MR) is 71.3 cm³/mol. The molecule has 1 aliphatic carbocycles. The Bertz CT molecular complexity index is 327. The van der Waals surface area contributed by atoms with E-state index >= 15 is 0 Å². The number of hydrogen-bond donors (Lipinski definition) is 0. The summed E-state index contributed by atoms with van der Waals surface area (Å²) in [5.74, 6) is 0.793. The summed E-state index contributed by atoms with van der Waals surface area (Å²) in [4.78, 5) is 0. The van der Waals surface area contributed by atoms with E-state index in [4.69, 9.17) is 0 Å². The summed E-state index contributed by atoms with van der Waals surface area (Å²) in [6, 6.07) is 0. The van der Waals surface area contributed by atoms with Crippen molar-refractivity contribution in [3.8, 4) is 0 Å². The van der Waals surface area contributed by atoms with Gasteiger partial charge in [-0.3, -0.25) is 0 Å². The van der Waals surface area contributed by atoms with Crippen LogP contribution in [0.25, 0.3) is 0 Å². The molecule has 2 rings (SSSR count). The summed E-state index contributed by atoms with van der Waals surface area (Å²) < 4.78 is 2.15. The van der Waals surface area contributed by atoms with Crippen molar-refractivity contribution in [2.24, 2.45) is 5.92 Å². The Hall–Kier alpha value is 0.860. The topological polar surface area (TPSA) is 30.7 Å². The number of aryl methyl sites for hydroxylation is 1. The van der Waals surface area contributed by atoms with Crippen LogP contribution in [0.2, 0.25) is 0 Å². The first kappa shape index (κ1) is 11.3. The molecule has 0 bridgehead atoms. The van der Waals surface area contributed by atoms with Gasteiger partial charge in [0.1, 0.15) is 0 Å². The monoisotopic (exact) mass is 265 g/mol. The summed E-state index contributed by atoms with van der Waals surface area (Å²) in [7, 11) is 6.33. The third-order valence-electron chi connectivity index (χ3n) is 2.58. The smallest absolute Gasteiger partial charge is 0.0863 e. The van der Waals surface area contributed by atoms with Crippen molar-refractivity contribution < 1.29 is 0 Å². The lowest BCUT2D eigenvalue weighted by atomic mass is 9.92. The van der Waals surface area contributed by atoms with Crippen LogP contribution in [-0.4, -0.2) is 14.8 Å². The predicted octanol–water partition coefficient (Wildman–Crippen LogP) is 2.82. The largest absolute Gasteiger partial charge is 0.221 e. The Morgan fingerprint density at radius 2 is 2.43 bits per heavy atom. The summed E-state index contributed by atoms with van der Waals surface area (Å²) in [6.45, 7) is 2.31. The summed E-state index contributed by atoms with van der Waals surface area (Å²) in [6.07, 6.45) is 3.54. The van der Waals surface area contributed by atoms with Gasteiger partial charge in [-0.05, 0) is 33.1 Å². The fourth-order valence-electron chi connectivity index (χ4n) is 1.76. The molecule has 3 nitrogen and oxygen atoms in total. The van der Waals surface area contributed by atoms with Gasteiger partial charge >= 0.3 is 0 Å². The Balaban J connectivity index is 2.30. The molecule has 0 amide bonds. The quantitative estimate of drug-likeness (QED) is 0.770. The lowest BCUT2D eigenvalue weighted by Crippen LogP contribution is -2.12. The molecule has 1 aliphatic rings. The van der Waals surface area contributed by atoms with Crippen molar-refractivity contribution in [2.45, 2.75) is 26.2 Å². The molecule has 0 N–H and O–H groups in total. The number of aromatic nitrogens is 3. The van der Waals surface area contributed by atoms with Crippen molar-refractivity contribution in [2.75, 3.05) is 0 Å². The SMILES string of the molecule is CC1CCc2nnn(P(P)PP)c2C1. The van der Waals surface area contributed by atoms with E-state index in [1.165, 1.54) is 17.8 Å². The maximum atomic E-state index is 4.27. The van der Waals surface area contributed by atoms with Crippen molar-refractivity contribution in [3.63, 3.8) is 0 Å². The molecule has 0 fully saturated rings. The van der Waals surface area contributed by atoms with Gasteiger partial charge in [0.15, 0.2) is 0 Å². The van der Waals surface area contributed by atoms with Gasteiger partial charge < -0.3 is 0 Å². The molecule has 0 saturated carbocycles. The zero-order chi connectivity index (χ0) is 10.1. The second-order valence-corrected chi connectivity index (χ2v) is 12.5. The van der Waals surface area contributed by atoms with Crippen molar-refractivity contribution in [3.05, 3.63) is 11.4 Å². The second-order valence-electron chi connectivity index (χ2n) is 3.69. The Labute approximate surface area is 91.9 Å². The van der Waals surface area contributed by atoms with Gasteiger partial charge in [0.05, 0.1) is 18.8 Å². The molecule has 0 radical (unpaired) electrons. The standard InChI is InChI=1S/C7H15N3P4/c1-5-2-3-6-7(4-5)10(9-8-6)14(12)13-11/h5,13H,2-4,11-12H2,1H3. The van der Waals surface area contributed by atoms with Crippen LogP contribution in [0.3, 0.4) is 0 Å². The minimum Gasteiger partial charge on any atom is -0.221 e. The van der Waals surface area contributed by atoms with Crippen LogP contribution in [-0.2, 0) is 12.8 Å². The summed E-state index contributed by atoms with van der Waals surface area (Å²) in [5, 5.41) is 8.54. The fraction of sp³-hybridized carbons (Fsp3) is 0.714. The van der Waals surface area contributed by atoms with Gasteiger partial charge in [0.25, 0.3) is 0 Å². The van der Waals surface area contributed by atoms with E-state index in [1.807, 2.05) is 0 Å². The molecule has 5 atom stereocenters. The highest BCUT2D eigenvalue weighted by Gasteiger charge is 2.22. The number of rotatable bonds is 2. The van der Waals surface area contributed by atoms with Crippen LogP contribution in [0.1, 0.15) is 24.7 Å². The normalized spacial score (nSPS) is 24.1.